The van der Waals surface area contributed by atoms with E-state index >= 15 is 0 Å². The van der Waals surface area contributed by atoms with Crippen LogP contribution in [0, 0.1) is 0 Å². The number of thiol groups is 1. The number of fused-ring (bicyclic) bond motifs is 1. The lowest BCUT2D eigenvalue weighted by Gasteiger charge is -2.17. The van der Waals surface area contributed by atoms with Crippen LogP contribution in [0.3, 0.4) is 0 Å². The van der Waals surface area contributed by atoms with Crippen molar-refractivity contribution in [2.45, 2.75) is 43.0 Å². The van der Waals surface area contributed by atoms with E-state index in [4.69, 9.17) is 27.6 Å². The molecule has 0 saturated heterocycles. The molecule has 1 atom stereocenters. The Bertz CT molecular complexity index is 1630. The van der Waals surface area contributed by atoms with E-state index in [1.54, 1.807) is 43.3 Å². The lowest BCUT2D eigenvalue weighted by Crippen LogP contribution is -2.16. The first-order chi connectivity index (χ1) is 18.4. The predicted molar refractivity (Wildman–Crippen MR) is 143 cm³/mol. The number of hydrogen-bond acceptors (Lipinski definition) is 5. The summed E-state index contributed by atoms with van der Waals surface area (Å²) in [4.78, 5) is 17.1. The van der Waals surface area contributed by atoms with E-state index in [9.17, 15) is 26.4 Å². The van der Waals surface area contributed by atoms with Crippen LogP contribution in [-0.2, 0) is 33.5 Å². The van der Waals surface area contributed by atoms with Crippen LogP contribution < -0.4 is 5.32 Å². The summed E-state index contributed by atoms with van der Waals surface area (Å²) in [5.74, 6) is -0.0946. The van der Waals surface area contributed by atoms with Crippen LogP contribution in [-0.4, -0.2) is 19.3 Å². The number of benzene rings is 3. The molecule has 1 amide bonds. The third kappa shape index (κ3) is 5.50. The van der Waals surface area contributed by atoms with Crippen LogP contribution >= 0.6 is 23.2 Å². The molecule has 0 bridgehead atoms. The van der Waals surface area contributed by atoms with Crippen LogP contribution in [0.1, 0.15) is 53.2 Å². The number of carbonyl (C=O) groups is 1. The number of aromatic nitrogens is 1. The second-order valence-electron chi connectivity index (χ2n) is 9.52. The molecule has 12 heteroatoms. The molecule has 3 aromatic carbocycles. The van der Waals surface area contributed by atoms with E-state index in [0.717, 1.165) is 12.1 Å². The van der Waals surface area contributed by atoms with Crippen molar-refractivity contribution in [3.8, 4) is 0 Å². The van der Waals surface area contributed by atoms with Crippen molar-refractivity contribution in [1.29, 1.82) is 0 Å². The van der Waals surface area contributed by atoms with Crippen LogP contribution in [0.4, 0.5) is 18.9 Å². The maximum absolute atomic E-state index is 13.1. The lowest BCUT2D eigenvalue weighted by atomic mass is 9.95. The van der Waals surface area contributed by atoms with Crippen LogP contribution in [0.5, 0.6) is 0 Å². The van der Waals surface area contributed by atoms with E-state index < -0.39 is 33.1 Å². The molecule has 4 aromatic rings. The minimum Gasteiger partial charge on any atom is -0.440 e. The van der Waals surface area contributed by atoms with Gasteiger partial charge in [-0.2, -0.15) is 13.2 Å². The van der Waals surface area contributed by atoms with Gasteiger partial charge >= 0.3 is 6.18 Å². The highest BCUT2D eigenvalue weighted by Crippen LogP contribution is 2.57. The SMILES string of the molecule is CC(c1ccc(CC(=O)Nc2cc(Cl)c(C3(c4nc5ccc(C(F)(F)F)cc5o4)CC3)c(Cl)c2)cc1)[SH](=O)=O. The molecule has 5 rings (SSSR count). The molecule has 1 aliphatic carbocycles. The molecule has 0 spiro atoms. The smallest absolute Gasteiger partial charge is 0.416 e. The largest absolute Gasteiger partial charge is 0.440 e. The average Bonchev–Trinajstić information content (AvgIpc) is 3.52. The van der Waals surface area contributed by atoms with Crippen molar-refractivity contribution in [2.24, 2.45) is 0 Å². The second-order valence-corrected chi connectivity index (χ2v) is 11.7. The zero-order chi connectivity index (χ0) is 28.1. The molecule has 39 heavy (non-hydrogen) atoms. The second kappa shape index (κ2) is 10.1. The molecule has 1 fully saturated rings. The molecule has 1 heterocycles. The van der Waals surface area contributed by atoms with Gasteiger partial charge in [-0.3, -0.25) is 4.79 Å². The topological polar surface area (TPSA) is 89.3 Å². The van der Waals surface area contributed by atoms with Crippen LogP contribution in [0.25, 0.3) is 11.1 Å². The van der Waals surface area contributed by atoms with Gasteiger partial charge in [0.1, 0.15) is 16.2 Å². The first kappa shape index (κ1) is 27.5. The average molecular weight is 597 g/mol. The number of carbonyl (C=O) groups excluding carboxylic acids is 1. The fourth-order valence-electron chi connectivity index (χ4n) is 4.53. The lowest BCUT2D eigenvalue weighted by molar-refractivity contribution is -0.137. The Kier molecular flexibility index (Phi) is 7.15. The molecule has 1 N–H and O–H groups in total. The summed E-state index contributed by atoms with van der Waals surface area (Å²) in [6.45, 7) is 1.59. The third-order valence-electron chi connectivity index (χ3n) is 6.82. The maximum atomic E-state index is 13.1. The van der Waals surface area contributed by atoms with Crippen molar-refractivity contribution >= 4 is 56.6 Å². The number of halogens is 5. The molecule has 204 valence electrons. The van der Waals surface area contributed by atoms with Crippen molar-refractivity contribution in [3.63, 3.8) is 0 Å². The highest BCUT2D eigenvalue weighted by molar-refractivity contribution is 7.72. The first-order valence-corrected chi connectivity index (χ1v) is 13.9. The summed E-state index contributed by atoms with van der Waals surface area (Å²) < 4.78 is 67.5. The Labute approximate surface area is 233 Å². The Morgan fingerprint density at radius 1 is 1.08 bits per heavy atom. The van der Waals surface area contributed by atoms with Gasteiger partial charge in [0.05, 0.1) is 22.6 Å². The summed E-state index contributed by atoms with van der Waals surface area (Å²) in [5, 5.41) is 2.67. The van der Waals surface area contributed by atoms with Crippen molar-refractivity contribution < 1.29 is 30.8 Å². The van der Waals surface area contributed by atoms with Gasteiger partial charge in [0, 0.05) is 21.3 Å². The number of nitrogens with one attached hydrogen (secondary N) is 1. The number of amides is 1. The number of nitrogens with zero attached hydrogens (tertiary/aromatic N) is 1. The number of rotatable bonds is 7. The molecule has 1 aliphatic rings. The van der Waals surface area contributed by atoms with E-state index in [0.29, 0.717) is 40.7 Å². The zero-order valence-corrected chi connectivity index (χ0v) is 22.7. The fraction of sp³-hybridized carbons (Fsp3) is 0.259. The molecular weight excluding hydrogens is 576 g/mol. The highest BCUT2D eigenvalue weighted by atomic mass is 35.5. The minimum absolute atomic E-state index is 0.0200. The number of alkyl halides is 3. The predicted octanol–water partition coefficient (Wildman–Crippen LogP) is 7.09. The molecule has 1 saturated carbocycles. The van der Waals surface area contributed by atoms with Crippen molar-refractivity contribution in [3.05, 3.63) is 92.8 Å². The number of anilines is 1. The van der Waals surface area contributed by atoms with E-state index in [1.807, 2.05) is 0 Å². The first-order valence-electron chi connectivity index (χ1n) is 11.9. The summed E-state index contributed by atoms with van der Waals surface area (Å²) in [7, 11) is -2.59. The van der Waals surface area contributed by atoms with Crippen molar-refractivity contribution in [2.75, 3.05) is 5.32 Å². The quantitative estimate of drug-likeness (QED) is 0.222. The number of oxazole rings is 1. The normalized spacial score (nSPS) is 15.5. The fourth-order valence-corrected chi connectivity index (χ4v) is 5.79. The number of hydrogen-bond donors (Lipinski definition) is 2. The maximum Gasteiger partial charge on any atom is 0.416 e. The van der Waals surface area contributed by atoms with Gasteiger partial charge < -0.3 is 9.73 Å². The Morgan fingerprint density at radius 2 is 1.72 bits per heavy atom. The van der Waals surface area contributed by atoms with Gasteiger partial charge in [0.25, 0.3) is 0 Å². The van der Waals surface area contributed by atoms with Gasteiger partial charge in [-0.25, -0.2) is 13.4 Å². The van der Waals surface area contributed by atoms with Crippen molar-refractivity contribution in [1.82, 2.24) is 4.98 Å². The monoisotopic (exact) mass is 596 g/mol. The minimum atomic E-state index is -4.51. The summed E-state index contributed by atoms with van der Waals surface area (Å²) >= 11 is 13.2. The zero-order valence-electron chi connectivity index (χ0n) is 20.3. The van der Waals surface area contributed by atoms with Gasteiger partial charge in [-0.05, 0) is 61.2 Å². The Hall–Kier alpha value is -3.08. The molecule has 1 aromatic heterocycles. The van der Waals surface area contributed by atoms with E-state index in [-0.39, 0.29) is 33.8 Å². The molecular formula is C27H21Cl2F3N2O4S. The summed E-state index contributed by atoms with van der Waals surface area (Å²) in [6.07, 6.45) is -3.28. The van der Waals surface area contributed by atoms with Gasteiger partial charge in [-0.15, -0.1) is 0 Å². The Morgan fingerprint density at radius 3 is 2.28 bits per heavy atom. The standard InChI is InChI=1S/C27H21Cl2F3N2O4S/c1-14(39(36)37)16-4-2-15(3-5-16)10-23(35)33-18-12-19(28)24(20(29)13-18)26(8-9-26)25-34-21-7-6-17(27(30,31)32)11-22(21)38-25/h2-7,11-14,39H,8-10H2,1H3,(H,33,35). The van der Waals surface area contributed by atoms with Gasteiger partial charge in [-0.1, -0.05) is 47.5 Å². The molecule has 1 unspecified atom stereocenters. The summed E-state index contributed by atoms with van der Waals surface area (Å²) in [6, 6.07) is 13.0. The van der Waals surface area contributed by atoms with E-state index in [2.05, 4.69) is 10.3 Å². The molecule has 0 radical (unpaired) electrons. The summed E-state index contributed by atoms with van der Waals surface area (Å²) in [5.41, 5.74) is 0.947. The van der Waals surface area contributed by atoms with Crippen LogP contribution in [0.2, 0.25) is 10.0 Å². The third-order valence-corrected chi connectivity index (χ3v) is 8.35. The van der Waals surface area contributed by atoms with E-state index in [1.165, 1.54) is 6.07 Å². The van der Waals surface area contributed by atoms with Gasteiger partial charge in [0.15, 0.2) is 5.58 Å². The Balaban J connectivity index is 1.35. The highest BCUT2D eigenvalue weighted by Gasteiger charge is 2.53. The molecule has 6 nitrogen and oxygen atoms in total. The van der Waals surface area contributed by atoms with Gasteiger partial charge in [0.2, 0.25) is 11.8 Å². The molecule has 0 aliphatic heterocycles. The van der Waals surface area contributed by atoms with Crippen LogP contribution in [0.15, 0.2) is 59.0 Å².